The molecule has 1 rings (SSSR count). The van der Waals surface area contributed by atoms with Gasteiger partial charge in [0.2, 0.25) is 5.91 Å². The average Bonchev–Trinajstić information content (AvgIpc) is 2.79. The summed E-state index contributed by atoms with van der Waals surface area (Å²) < 4.78 is 0. The molecule has 94 valence electrons. The van der Waals surface area contributed by atoms with Crippen LogP contribution in [-0.2, 0) is 9.63 Å². The third kappa shape index (κ3) is 4.49. The number of rotatable bonds is 7. The van der Waals surface area contributed by atoms with Crippen LogP contribution in [0.2, 0.25) is 0 Å². The predicted molar refractivity (Wildman–Crippen MR) is 63.6 cm³/mol. The van der Waals surface area contributed by atoms with Crippen molar-refractivity contribution in [3.05, 3.63) is 0 Å². The summed E-state index contributed by atoms with van der Waals surface area (Å²) in [5.74, 6) is 0.733. The van der Waals surface area contributed by atoms with Gasteiger partial charge in [0.05, 0.1) is 13.2 Å². The third-order valence-corrected chi connectivity index (χ3v) is 3.07. The minimum atomic E-state index is 0.135. The summed E-state index contributed by atoms with van der Waals surface area (Å²) in [5, 5.41) is 1.52. The molecule has 0 aliphatic carbocycles. The summed E-state index contributed by atoms with van der Waals surface area (Å²) >= 11 is 0. The highest BCUT2D eigenvalue weighted by Gasteiger charge is 2.20. The Hall–Kier alpha value is -0.610. The van der Waals surface area contributed by atoms with Crippen molar-refractivity contribution < 1.29 is 9.63 Å². The number of carbonyl (C=O) groups is 1. The molecule has 0 saturated carbocycles. The standard InChI is InChI=1S/C12H24N2O2/c1-2-4-11(7-8-13)5-6-12(15)14-9-3-10-16-14/h11H,2-10,13H2,1H3. The van der Waals surface area contributed by atoms with Crippen molar-refractivity contribution in [2.75, 3.05) is 19.7 Å². The maximum atomic E-state index is 11.7. The fourth-order valence-electron chi connectivity index (χ4n) is 2.17. The first-order chi connectivity index (χ1) is 7.77. The van der Waals surface area contributed by atoms with Crippen LogP contribution in [0.25, 0.3) is 0 Å². The second-order valence-electron chi connectivity index (χ2n) is 4.45. The molecule has 0 aromatic carbocycles. The summed E-state index contributed by atoms with van der Waals surface area (Å²) in [6, 6.07) is 0. The highest BCUT2D eigenvalue weighted by molar-refractivity contribution is 5.75. The fourth-order valence-corrected chi connectivity index (χ4v) is 2.17. The van der Waals surface area contributed by atoms with Crippen LogP contribution in [0.4, 0.5) is 0 Å². The van der Waals surface area contributed by atoms with Crippen molar-refractivity contribution in [2.24, 2.45) is 11.7 Å². The van der Waals surface area contributed by atoms with Crippen molar-refractivity contribution >= 4 is 5.91 Å². The van der Waals surface area contributed by atoms with E-state index in [0.717, 1.165) is 32.4 Å². The van der Waals surface area contributed by atoms with Gasteiger partial charge in [0.15, 0.2) is 0 Å². The van der Waals surface area contributed by atoms with Crippen LogP contribution >= 0.6 is 0 Å². The van der Waals surface area contributed by atoms with Gasteiger partial charge in [-0.15, -0.1) is 0 Å². The second kappa shape index (κ2) is 7.63. The molecule has 0 aromatic heterocycles. The van der Waals surface area contributed by atoms with Crippen LogP contribution < -0.4 is 5.73 Å². The Bertz CT molecular complexity index is 197. The van der Waals surface area contributed by atoms with E-state index in [4.69, 9.17) is 10.6 Å². The summed E-state index contributed by atoms with van der Waals surface area (Å²) in [5.41, 5.74) is 5.57. The van der Waals surface area contributed by atoms with E-state index in [1.165, 1.54) is 17.9 Å². The lowest BCUT2D eigenvalue weighted by Gasteiger charge is -2.17. The van der Waals surface area contributed by atoms with E-state index >= 15 is 0 Å². The zero-order valence-electron chi connectivity index (χ0n) is 10.3. The molecule has 4 nitrogen and oxygen atoms in total. The van der Waals surface area contributed by atoms with E-state index in [2.05, 4.69) is 6.92 Å². The Morgan fingerprint density at radius 2 is 2.25 bits per heavy atom. The molecular formula is C12H24N2O2. The number of hydrogen-bond donors (Lipinski definition) is 1. The lowest BCUT2D eigenvalue weighted by molar-refractivity contribution is -0.169. The molecule has 0 radical (unpaired) electrons. The van der Waals surface area contributed by atoms with Gasteiger partial charge in [-0.2, -0.15) is 0 Å². The molecular weight excluding hydrogens is 204 g/mol. The van der Waals surface area contributed by atoms with Crippen LogP contribution in [0.5, 0.6) is 0 Å². The topological polar surface area (TPSA) is 55.6 Å². The first-order valence-electron chi connectivity index (χ1n) is 6.41. The minimum Gasteiger partial charge on any atom is -0.330 e. The first-order valence-corrected chi connectivity index (χ1v) is 6.41. The van der Waals surface area contributed by atoms with E-state index in [9.17, 15) is 4.79 Å². The van der Waals surface area contributed by atoms with Crippen LogP contribution in [0.15, 0.2) is 0 Å². The summed E-state index contributed by atoms with van der Waals surface area (Å²) in [4.78, 5) is 17.0. The van der Waals surface area contributed by atoms with E-state index in [0.29, 0.717) is 18.9 Å². The molecule has 0 aromatic rings. The number of hydrogen-bond acceptors (Lipinski definition) is 3. The van der Waals surface area contributed by atoms with Gasteiger partial charge < -0.3 is 5.73 Å². The van der Waals surface area contributed by atoms with Crippen LogP contribution in [0, 0.1) is 5.92 Å². The third-order valence-electron chi connectivity index (χ3n) is 3.07. The fraction of sp³-hybridized carbons (Fsp3) is 0.917. The van der Waals surface area contributed by atoms with Gasteiger partial charge in [-0.3, -0.25) is 9.63 Å². The average molecular weight is 228 g/mol. The normalized spacial score (nSPS) is 17.8. The Balaban J connectivity index is 2.21. The molecule has 1 aliphatic rings. The lowest BCUT2D eigenvalue weighted by atomic mass is 9.94. The molecule has 1 atom stereocenters. The highest BCUT2D eigenvalue weighted by atomic mass is 16.7. The monoisotopic (exact) mass is 228 g/mol. The maximum Gasteiger partial charge on any atom is 0.246 e. The van der Waals surface area contributed by atoms with E-state index < -0.39 is 0 Å². The van der Waals surface area contributed by atoms with Crippen molar-refractivity contribution in [2.45, 2.75) is 45.4 Å². The molecule has 2 N–H and O–H groups in total. The number of nitrogens with zero attached hydrogens (tertiary/aromatic N) is 1. The van der Waals surface area contributed by atoms with Crippen molar-refractivity contribution in [3.8, 4) is 0 Å². The largest absolute Gasteiger partial charge is 0.330 e. The molecule has 0 spiro atoms. The van der Waals surface area contributed by atoms with Gasteiger partial charge in [0.1, 0.15) is 0 Å². The predicted octanol–water partition coefficient (Wildman–Crippen LogP) is 1.70. The number of hydroxylamine groups is 2. The Kier molecular flexibility index (Phi) is 6.42. The van der Waals surface area contributed by atoms with Crippen molar-refractivity contribution in [1.82, 2.24) is 5.06 Å². The maximum absolute atomic E-state index is 11.7. The van der Waals surface area contributed by atoms with Gasteiger partial charge in [-0.25, -0.2) is 5.06 Å². The van der Waals surface area contributed by atoms with Gasteiger partial charge in [-0.05, 0) is 31.7 Å². The zero-order valence-corrected chi connectivity index (χ0v) is 10.3. The highest BCUT2D eigenvalue weighted by Crippen LogP contribution is 2.18. The first kappa shape index (κ1) is 13.5. The second-order valence-corrected chi connectivity index (χ2v) is 4.45. The SMILES string of the molecule is CCCC(CCN)CCC(=O)N1CCCO1. The summed E-state index contributed by atoms with van der Waals surface area (Å²) in [6.07, 6.45) is 5.88. The molecule has 1 unspecified atom stereocenters. The molecule has 4 heteroatoms. The lowest BCUT2D eigenvalue weighted by Crippen LogP contribution is -2.26. The van der Waals surface area contributed by atoms with Gasteiger partial charge >= 0.3 is 0 Å². The van der Waals surface area contributed by atoms with Crippen molar-refractivity contribution in [3.63, 3.8) is 0 Å². The van der Waals surface area contributed by atoms with Gasteiger partial charge in [0.25, 0.3) is 0 Å². The number of carbonyl (C=O) groups excluding carboxylic acids is 1. The Morgan fingerprint density at radius 1 is 1.44 bits per heavy atom. The van der Waals surface area contributed by atoms with E-state index in [1.807, 2.05) is 0 Å². The number of nitrogens with two attached hydrogens (primary N) is 1. The molecule has 1 heterocycles. The molecule has 1 saturated heterocycles. The van der Waals surface area contributed by atoms with Crippen LogP contribution in [0.1, 0.15) is 45.4 Å². The number of amides is 1. The van der Waals surface area contributed by atoms with Gasteiger partial charge in [-0.1, -0.05) is 19.8 Å². The Morgan fingerprint density at radius 3 is 2.81 bits per heavy atom. The Labute approximate surface area is 98.1 Å². The van der Waals surface area contributed by atoms with Crippen LogP contribution in [-0.4, -0.2) is 30.7 Å². The molecule has 16 heavy (non-hydrogen) atoms. The van der Waals surface area contributed by atoms with E-state index in [-0.39, 0.29) is 5.91 Å². The molecule has 1 aliphatic heterocycles. The zero-order chi connectivity index (χ0) is 11.8. The molecule has 1 fully saturated rings. The van der Waals surface area contributed by atoms with Gasteiger partial charge in [0, 0.05) is 6.42 Å². The van der Waals surface area contributed by atoms with Crippen LogP contribution in [0.3, 0.4) is 0 Å². The summed E-state index contributed by atoms with van der Waals surface area (Å²) in [6.45, 7) is 4.34. The summed E-state index contributed by atoms with van der Waals surface area (Å²) in [7, 11) is 0. The van der Waals surface area contributed by atoms with Crippen molar-refractivity contribution in [1.29, 1.82) is 0 Å². The molecule has 1 amide bonds. The minimum absolute atomic E-state index is 0.135. The smallest absolute Gasteiger partial charge is 0.246 e. The van der Waals surface area contributed by atoms with E-state index in [1.54, 1.807) is 0 Å². The molecule has 0 bridgehead atoms. The quantitative estimate of drug-likeness (QED) is 0.721.